The third-order valence-electron chi connectivity index (χ3n) is 5.66. The highest BCUT2D eigenvalue weighted by atomic mass is 19.1. The Balaban J connectivity index is 1.39. The van der Waals surface area contributed by atoms with E-state index in [1.807, 2.05) is 17.7 Å². The fourth-order valence-electron chi connectivity index (χ4n) is 3.88. The summed E-state index contributed by atoms with van der Waals surface area (Å²) in [5.41, 5.74) is 2.34. The number of halogens is 1. The number of aryl methyl sites for hydroxylation is 2. The number of nitrogens with zero attached hydrogens (tertiary/aromatic N) is 6. The highest BCUT2D eigenvalue weighted by Crippen LogP contribution is 2.28. The average Bonchev–Trinajstić information content (AvgIpc) is 3.61. The quantitative estimate of drug-likeness (QED) is 0.366. The van der Waals surface area contributed by atoms with E-state index in [-0.39, 0.29) is 24.2 Å². The number of carbonyl (C=O) groups excluding carboxylic acids is 1. The first-order chi connectivity index (χ1) is 17.0. The molecule has 0 bridgehead atoms. The minimum Gasteiger partial charge on any atom is -0.496 e. The van der Waals surface area contributed by atoms with Gasteiger partial charge in [0, 0.05) is 35.5 Å². The van der Waals surface area contributed by atoms with E-state index in [9.17, 15) is 9.18 Å². The molecule has 10 nitrogen and oxygen atoms in total. The number of benzene rings is 2. The number of ether oxygens (including phenoxy) is 1. The number of aromatic nitrogens is 6. The molecule has 0 saturated heterocycles. The maximum atomic E-state index is 14.0. The lowest BCUT2D eigenvalue weighted by Gasteiger charge is -2.09. The first-order valence-corrected chi connectivity index (χ1v) is 10.9. The van der Waals surface area contributed by atoms with Gasteiger partial charge >= 0.3 is 0 Å². The van der Waals surface area contributed by atoms with E-state index in [0.29, 0.717) is 41.0 Å². The van der Waals surface area contributed by atoms with Crippen LogP contribution in [0.4, 0.5) is 4.39 Å². The smallest absolute Gasteiger partial charge is 0.276 e. The molecule has 0 radical (unpaired) electrons. The van der Waals surface area contributed by atoms with E-state index in [2.05, 4.69) is 25.5 Å². The van der Waals surface area contributed by atoms with E-state index in [0.717, 1.165) is 5.56 Å². The summed E-state index contributed by atoms with van der Waals surface area (Å²) in [6.45, 7) is 2.94. The van der Waals surface area contributed by atoms with Crippen molar-refractivity contribution in [2.75, 3.05) is 7.11 Å². The molecular formula is C24H22FN7O3. The molecule has 0 aliphatic carbocycles. The Bertz CT molecular complexity index is 1490. The summed E-state index contributed by atoms with van der Waals surface area (Å²) in [5.74, 6) is 0.410. The maximum Gasteiger partial charge on any atom is 0.276 e. The summed E-state index contributed by atoms with van der Waals surface area (Å²) < 4.78 is 28.4. The van der Waals surface area contributed by atoms with E-state index < -0.39 is 5.82 Å². The van der Waals surface area contributed by atoms with Crippen molar-refractivity contribution in [3.63, 3.8) is 0 Å². The number of hydrogen-bond acceptors (Lipinski definition) is 7. The molecule has 0 spiro atoms. The van der Waals surface area contributed by atoms with Gasteiger partial charge in [-0.25, -0.2) is 9.37 Å². The Labute approximate surface area is 199 Å². The summed E-state index contributed by atoms with van der Waals surface area (Å²) in [4.78, 5) is 21.2. The van der Waals surface area contributed by atoms with Crippen LogP contribution < -0.4 is 10.1 Å². The molecule has 5 rings (SSSR count). The molecule has 35 heavy (non-hydrogen) atoms. The summed E-state index contributed by atoms with van der Waals surface area (Å²) in [5, 5.41) is 11.9. The molecule has 3 heterocycles. The Morgan fingerprint density at radius 2 is 2.11 bits per heavy atom. The Hall–Kier alpha value is -4.54. The number of fused-ring (bicyclic) bond motifs is 1. The first-order valence-electron chi connectivity index (χ1n) is 10.9. The normalized spacial score (nSPS) is 11.2. The largest absolute Gasteiger partial charge is 0.496 e. The minimum atomic E-state index is -0.395. The fraction of sp³-hybridized carbons (Fsp3) is 0.208. The lowest BCUT2D eigenvalue weighted by atomic mass is 10.1. The zero-order chi connectivity index (χ0) is 24.4. The number of nitrogens with one attached hydrogen (secondary N) is 1. The van der Waals surface area contributed by atoms with Crippen molar-refractivity contribution in [3.05, 3.63) is 77.9 Å². The number of hydrogen-bond donors (Lipinski definition) is 1. The average molecular weight is 475 g/mol. The predicted molar refractivity (Wildman–Crippen MR) is 124 cm³/mol. The minimum absolute atomic E-state index is 0.0501. The lowest BCUT2D eigenvalue weighted by molar-refractivity contribution is 0.0948. The monoisotopic (exact) mass is 475 g/mol. The second kappa shape index (κ2) is 9.37. The van der Waals surface area contributed by atoms with Gasteiger partial charge in [-0.2, -0.15) is 10.1 Å². The summed E-state index contributed by atoms with van der Waals surface area (Å²) in [6, 6.07) is 9.62. The molecule has 0 unspecified atom stereocenters. The van der Waals surface area contributed by atoms with Crippen molar-refractivity contribution in [2.45, 2.75) is 26.6 Å². The van der Waals surface area contributed by atoms with Crippen LogP contribution in [0.3, 0.4) is 0 Å². The topological polar surface area (TPSA) is 113 Å². The molecule has 3 aromatic heterocycles. The number of carbonyl (C=O) groups is 1. The zero-order valence-electron chi connectivity index (χ0n) is 19.1. The molecule has 0 atom stereocenters. The van der Waals surface area contributed by atoms with Gasteiger partial charge < -0.3 is 19.1 Å². The van der Waals surface area contributed by atoms with E-state index >= 15 is 0 Å². The van der Waals surface area contributed by atoms with Crippen molar-refractivity contribution in [1.29, 1.82) is 0 Å². The van der Waals surface area contributed by atoms with Crippen LogP contribution in [0.1, 0.15) is 21.7 Å². The Kier molecular flexibility index (Phi) is 5.96. The Morgan fingerprint density at radius 1 is 1.23 bits per heavy atom. The van der Waals surface area contributed by atoms with Crippen molar-refractivity contribution < 1.29 is 18.4 Å². The number of methoxy groups -OCH3 is 1. The van der Waals surface area contributed by atoms with Gasteiger partial charge in [-0.15, -0.1) is 0 Å². The van der Waals surface area contributed by atoms with Gasteiger partial charge in [0.05, 0.1) is 32.0 Å². The molecule has 5 aromatic rings. The van der Waals surface area contributed by atoms with Crippen LogP contribution in [-0.2, 0) is 19.6 Å². The van der Waals surface area contributed by atoms with Crippen LogP contribution in [0.2, 0.25) is 0 Å². The van der Waals surface area contributed by atoms with Crippen LogP contribution >= 0.6 is 0 Å². The molecule has 0 aliphatic heterocycles. The van der Waals surface area contributed by atoms with Gasteiger partial charge in [-0.3, -0.25) is 9.48 Å². The molecule has 0 fully saturated rings. The zero-order valence-corrected chi connectivity index (χ0v) is 19.1. The molecule has 1 N–H and O–H groups in total. The Morgan fingerprint density at radius 3 is 2.91 bits per heavy atom. The lowest BCUT2D eigenvalue weighted by Crippen LogP contribution is -2.24. The molecular weight excluding hydrogens is 453 g/mol. The van der Waals surface area contributed by atoms with Gasteiger partial charge in [-0.1, -0.05) is 11.2 Å². The predicted octanol–water partition coefficient (Wildman–Crippen LogP) is 3.37. The van der Waals surface area contributed by atoms with E-state index in [1.165, 1.54) is 12.1 Å². The van der Waals surface area contributed by atoms with Crippen molar-refractivity contribution in [3.8, 4) is 17.3 Å². The van der Waals surface area contributed by atoms with Gasteiger partial charge in [0.2, 0.25) is 0 Å². The molecule has 0 aliphatic rings. The van der Waals surface area contributed by atoms with Gasteiger partial charge in [-0.05, 0) is 37.3 Å². The summed E-state index contributed by atoms with van der Waals surface area (Å²) >= 11 is 0. The SMILES string of the molecule is COc1cccc(C(=O)NCc2noc(-c3c4cc(F)ccc4nn3CCn3ccnc3)n2)c1C. The van der Waals surface area contributed by atoms with Crippen LogP contribution in [0.5, 0.6) is 5.75 Å². The van der Waals surface area contributed by atoms with Crippen molar-refractivity contribution in [2.24, 2.45) is 0 Å². The molecule has 0 saturated carbocycles. The van der Waals surface area contributed by atoms with Crippen LogP contribution in [0.15, 0.2) is 59.6 Å². The van der Waals surface area contributed by atoms with Crippen LogP contribution in [-0.4, -0.2) is 42.5 Å². The molecule has 11 heteroatoms. The number of rotatable bonds is 8. The standard InChI is InChI=1S/C24H22FN7O3/c1-15-17(4-3-5-20(15)34-2)23(33)27-13-21-28-24(35-30-21)22-18-12-16(25)6-7-19(18)29-32(22)11-10-31-9-8-26-14-31/h3-9,12,14H,10-11,13H2,1-2H3,(H,27,33). The van der Waals surface area contributed by atoms with Crippen molar-refractivity contribution in [1.82, 2.24) is 34.8 Å². The third kappa shape index (κ3) is 4.47. The highest BCUT2D eigenvalue weighted by molar-refractivity contribution is 5.96. The van der Waals surface area contributed by atoms with E-state index in [1.54, 1.807) is 48.6 Å². The van der Waals surface area contributed by atoms with Crippen LogP contribution in [0, 0.1) is 12.7 Å². The highest BCUT2D eigenvalue weighted by Gasteiger charge is 2.21. The van der Waals surface area contributed by atoms with Gasteiger partial charge in [0.15, 0.2) is 5.82 Å². The maximum absolute atomic E-state index is 14.0. The molecule has 178 valence electrons. The van der Waals surface area contributed by atoms with Gasteiger partial charge in [0.25, 0.3) is 11.8 Å². The summed E-state index contributed by atoms with van der Waals surface area (Å²) in [7, 11) is 1.56. The molecule has 1 amide bonds. The van der Waals surface area contributed by atoms with Crippen LogP contribution in [0.25, 0.3) is 22.5 Å². The van der Waals surface area contributed by atoms with Crippen molar-refractivity contribution >= 4 is 16.8 Å². The third-order valence-corrected chi connectivity index (χ3v) is 5.66. The second-order valence-corrected chi connectivity index (χ2v) is 7.86. The number of amides is 1. The summed E-state index contributed by atoms with van der Waals surface area (Å²) in [6.07, 6.45) is 5.25. The second-order valence-electron chi connectivity index (χ2n) is 7.86. The first kappa shape index (κ1) is 22.3. The van der Waals surface area contributed by atoms with Gasteiger partial charge in [0.1, 0.15) is 17.3 Å². The fourth-order valence-corrected chi connectivity index (χ4v) is 3.88. The van der Waals surface area contributed by atoms with E-state index in [4.69, 9.17) is 9.26 Å². The molecule has 2 aromatic carbocycles. The number of imidazole rings is 1.